The summed E-state index contributed by atoms with van der Waals surface area (Å²) in [5, 5.41) is 0. The number of unbranched alkanes of at least 4 members (excludes halogenated alkanes) is 32. The van der Waals surface area contributed by atoms with Crippen LogP contribution >= 0.6 is 0 Å². The lowest BCUT2D eigenvalue weighted by Crippen LogP contribution is -2.30. The largest absolute Gasteiger partial charge is 0.462 e. The van der Waals surface area contributed by atoms with Crippen LogP contribution in [0.1, 0.15) is 278 Å². The van der Waals surface area contributed by atoms with Crippen molar-refractivity contribution in [3.63, 3.8) is 0 Å². The Morgan fingerprint density at radius 2 is 0.589 bits per heavy atom. The first-order valence-corrected chi connectivity index (χ1v) is 24.9. The highest BCUT2D eigenvalue weighted by molar-refractivity contribution is 5.71. The van der Waals surface area contributed by atoms with Crippen molar-refractivity contribution in [2.24, 2.45) is 5.92 Å². The average Bonchev–Trinajstić information content (AvgIpc) is 3.18. The molecule has 56 heavy (non-hydrogen) atoms. The van der Waals surface area contributed by atoms with E-state index in [0.29, 0.717) is 19.3 Å². The number of hydrogen-bond acceptors (Lipinski definition) is 6. The van der Waals surface area contributed by atoms with E-state index >= 15 is 0 Å². The zero-order chi connectivity index (χ0) is 41.0. The minimum Gasteiger partial charge on any atom is -0.462 e. The molecule has 0 N–H and O–H groups in total. The van der Waals surface area contributed by atoms with E-state index in [1.165, 1.54) is 173 Å². The minimum absolute atomic E-state index is 0.0633. The summed E-state index contributed by atoms with van der Waals surface area (Å²) in [6.45, 7) is 8.99. The van der Waals surface area contributed by atoms with Crippen LogP contribution in [-0.4, -0.2) is 37.2 Å². The summed E-state index contributed by atoms with van der Waals surface area (Å²) in [7, 11) is 0. The maximum Gasteiger partial charge on any atom is 0.306 e. The molecule has 0 heterocycles. The van der Waals surface area contributed by atoms with E-state index in [1.54, 1.807) is 0 Å². The molecule has 0 aromatic rings. The molecule has 0 aromatic carbocycles. The first-order valence-electron chi connectivity index (χ1n) is 24.9. The maximum atomic E-state index is 12.7. The fraction of sp³-hybridized carbons (Fsp3) is 0.940. The Morgan fingerprint density at radius 1 is 0.339 bits per heavy atom. The molecule has 6 heteroatoms. The van der Waals surface area contributed by atoms with Crippen LogP contribution in [0.4, 0.5) is 0 Å². The third-order valence-corrected chi connectivity index (χ3v) is 11.3. The number of carbonyl (C=O) groups is 3. The van der Waals surface area contributed by atoms with Crippen molar-refractivity contribution < 1.29 is 28.6 Å². The summed E-state index contributed by atoms with van der Waals surface area (Å²) >= 11 is 0. The highest BCUT2D eigenvalue weighted by atomic mass is 16.6. The average molecular weight is 793 g/mol. The molecule has 332 valence electrons. The van der Waals surface area contributed by atoms with Crippen molar-refractivity contribution in [3.8, 4) is 0 Å². The van der Waals surface area contributed by atoms with Crippen LogP contribution in [0.25, 0.3) is 0 Å². The van der Waals surface area contributed by atoms with Gasteiger partial charge in [-0.05, 0) is 25.2 Å². The topological polar surface area (TPSA) is 78.9 Å². The molecular weight excluding hydrogens is 697 g/mol. The van der Waals surface area contributed by atoms with E-state index in [2.05, 4.69) is 27.7 Å². The van der Waals surface area contributed by atoms with Crippen LogP contribution in [0, 0.1) is 5.92 Å². The molecule has 0 amide bonds. The summed E-state index contributed by atoms with van der Waals surface area (Å²) in [5.74, 6) is -0.00139. The summed E-state index contributed by atoms with van der Waals surface area (Å²) < 4.78 is 16.7. The molecule has 0 bridgehead atoms. The van der Waals surface area contributed by atoms with Crippen molar-refractivity contribution in [2.75, 3.05) is 13.2 Å². The Bertz CT molecular complexity index is 841. The molecule has 0 saturated carbocycles. The summed E-state index contributed by atoms with van der Waals surface area (Å²) in [6, 6.07) is 0. The molecular formula is C50H96O6. The van der Waals surface area contributed by atoms with Crippen molar-refractivity contribution in [1.82, 2.24) is 0 Å². The monoisotopic (exact) mass is 793 g/mol. The fourth-order valence-corrected chi connectivity index (χ4v) is 7.51. The molecule has 0 aliphatic heterocycles. The molecule has 0 aliphatic rings. The van der Waals surface area contributed by atoms with E-state index in [1.807, 2.05) is 0 Å². The number of ether oxygens (including phenoxy) is 3. The molecule has 0 aromatic heterocycles. The molecule has 0 aliphatic carbocycles. The Hall–Kier alpha value is -1.59. The van der Waals surface area contributed by atoms with Crippen LogP contribution in [0.2, 0.25) is 0 Å². The predicted molar refractivity (Wildman–Crippen MR) is 238 cm³/mol. The zero-order valence-corrected chi connectivity index (χ0v) is 38.1. The smallest absolute Gasteiger partial charge is 0.306 e. The number of rotatable bonds is 45. The highest BCUT2D eigenvalue weighted by Gasteiger charge is 2.19. The Kier molecular flexibility index (Phi) is 43.2. The van der Waals surface area contributed by atoms with Crippen LogP contribution in [-0.2, 0) is 28.6 Å². The fourth-order valence-electron chi connectivity index (χ4n) is 7.51. The van der Waals surface area contributed by atoms with Crippen LogP contribution in [0.5, 0.6) is 0 Å². The first-order chi connectivity index (χ1) is 27.4. The van der Waals surface area contributed by atoms with Crippen molar-refractivity contribution in [1.29, 1.82) is 0 Å². The number of hydrogen-bond donors (Lipinski definition) is 0. The number of esters is 3. The third kappa shape index (κ3) is 43.5. The molecule has 0 spiro atoms. The normalized spacial score (nSPS) is 11.9. The molecule has 0 saturated heterocycles. The van der Waals surface area contributed by atoms with Gasteiger partial charge < -0.3 is 14.2 Å². The molecule has 0 radical (unpaired) electrons. The second-order valence-electron chi connectivity index (χ2n) is 17.6. The van der Waals surface area contributed by atoms with E-state index in [9.17, 15) is 14.4 Å². The molecule has 0 rings (SSSR count). The van der Waals surface area contributed by atoms with Gasteiger partial charge in [-0.1, -0.05) is 240 Å². The molecule has 0 unspecified atom stereocenters. The van der Waals surface area contributed by atoms with Gasteiger partial charge in [-0.2, -0.15) is 0 Å². The Balaban J connectivity index is 4.16. The quantitative estimate of drug-likeness (QED) is 0.0347. The van der Waals surface area contributed by atoms with Gasteiger partial charge in [-0.3, -0.25) is 14.4 Å². The van der Waals surface area contributed by atoms with Gasteiger partial charge in [0.25, 0.3) is 0 Å². The molecule has 1 atom stereocenters. The van der Waals surface area contributed by atoms with Crippen LogP contribution < -0.4 is 0 Å². The summed E-state index contributed by atoms with van der Waals surface area (Å²) in [4.78, 5) is 37.7. The van der Waals surface area contributed by atoms with Gasteiger partial charge in [0, 0.05) is 19.3 Å². The van der Waals surface area contributed by atoms with Crippen molar-refractivity contribution in [2.45, 2.75) is 284 Å². The summed E-state index contributed by atoms with van der Waals surface area (Å²) in [5.41, 5.74) is 0. The zero-order valence-electron chi connectivity index (χ0n) is 38.1. The second-order valence-corrected chi connectivity index (χ2v) is 17.6. The highest BCUT2D eigenvalue weighted by Crippen LogP contribution is 2.17. The lowest BCUT2D eigenvalue weighted by atomic mass is 10.0. The van der Waals surface area contributed by atoms with E-state index in [0.717, 1.165) is 63.7 Å². The van der Waals surface area contributed by atoms with Gasteiger partial charge in [0.1, 0.15) is 13.2 Å². The number of carbonyl (C=O) groups excluding carboxylic acids is 3. The second kappa shape index (κ2) is 44.5. The van der Waals surface area contributed by atoms with E-state index in [-0.39, 0.29) is 31.1 Å². The third-order valence-electron chi connectivity index (χ3n) is 11.3. The van der Waals surface area contributed by atoms with Gasteiger partial charge >= 0.3 is 17.9 Å². The lowest BCUT2D eigenvalue weighted by Gasteiger charge is -2.18. The SMILES string of the molecule is CCCCCCCCCCCCCCC(=O)O[C@@H](COC(=O)CCCCCCCCC)COC(=O)CCCCCCCCCCCCCCCCCCC(C)C. The van der Waals surface area contributed by atoms with Crippen LogP contribution in [0.15, 0.2) is 0 Å². The van der Waals surface area contributed by atoms with E-state index in [4.69, 9.17) is 14.2 Å². The Labute approximate surface area is 348 Å². The lowest BCUT2D eigenvalue weighted by molar-refractivity contribution is -0.167. The van der Waals surface area contributed by atoms with Gasteiger partial charge in [-0.25, -0.2) is 0 Å². The predicted octanol–water partition coefficient (Wildman–Crippen LogP) is 15.9. The van der Waals surface area contributed by atoms with Gasteiger partial charge in [0.2, 0.25) is 0 Å². The van der Waals surface area contributed by atoms with Crippen LogP contribution in [0.3, 0.4) is 0 Å². The van der Waals surface area contributed by atoms with Crippen molar-refractivity contribution in [3.05, 3.63) is 0 Å². The maximum absolute atomic E-state index is 12.7. The van der Waals surface area contributed by atoms with Crippen molar-refractivity contribution >= 4 is 17.9 Å². The molecule has 0 fully saturated rings. The first kappa shape index (κ1) is 54.4. The molecule has 6 nitrogen and oxygen atoms in total. The Morgan fingerprint density at radius 3 is 0.875 bits per heavy atom. The van der Waals surface area contributed by atoms with Gasteiger partial charge in [0.15, 0.2) is 6.10 Å². The standard InChI is InChI=1S/C50H96O6/c1-5-7-9-11-13-14-15-23-27-31-35-39-43-50(53)56-47(44-54-48(51)41-37-33-28-12-10-8-6-2)45-55-49(52)42-38-34-30-26-24-21-19-17-16-18-20-22-25-29-32-36-40-46(3)4/h46-47H,5-45H2,1-4H3/t47-/m0/s1. The minimum atomic E-state index is -0.758. The van der Waals surface area contributed by atoms with E-state index < -0.39 is 6.10 Å². The van der Waals surface area contributed by atoms with Gasteiger partial charge in [-0.15, -0.1) is 0 Å². The summed E-state index contributed by atoms with van der Waals surface area (Å²) in [6.07, 6.45) is 45.3. The van der Waals surface area contributed by atoms with Gasteiger partial charge in [0.05, 0.1) is 0 Å².